The average molecular weight is 361 g/mol. The number of aromatic nitrogens is 2. The van der Waals surface area contributed by atoms with Crippen LogP contribution in [0.1, 0.15) is 0 Å². The second-order valence-electron chi connectivity index (χ2n) is 4.14. The van der Waals surface area contributed by atoms with E-state index >= 15 is 0 Å². The molecule has 0 aliphatic heterocycles. The Morgan fingerprint density at radius 3 is 1.32 bits per heavy atom. The van der Waals surface area contributed by atoms with E-state index in [-0.39, 0.29) is 0 Å². The molecule has 0 unspecified atom stereocenters. The molecule has 0 aliphatic carbocycles. The fourth-order valence-corrected chi connectivity index (χ4v) is 5.21. The zero-order chi connectivity index (χ0) is 15.0. The van der Waals surface area contributed by atoms with Gasteiger partial charge >= 0.3 is 0 Å². The Labute approximate surface area is 145 Å². The molecule has 3 rings (SSSR count). The molecule has 0 N–H and O–H groups in total. The van der Waals surface area contributed by atoms with E-state index in [1.54, 1.807) is 43.2 Å². The predicted octanol–water partition coefficient (Wildman–Crippen LogP) is 6.08. The van der Waals surface area contributed by atoms with E-state index in [0.717, 1.165) is 10.1 Å². The molecule has 1 aromatic carbocycles. The molecule has 22 heavy (non-hydrogen) atoms. The van der Waals surface area contributed by atoms with Crippen molar-refractivity contribution in [3.63, 3.8) is 0 Å². The zero-order valence-corrected chi connectivity index (χ0v) is 14.7. The van der Waals surface area contributed by atoms with Crippen LogP contribution in [-0.4, -0.2) is 9.97 Å². The van der Waals surface area contributed by atoms with Gasteiger partial charge in [-0.25, -0.2) is 9.97 Å². The quantitative estimate of drug-likeness (QED) is 0.495. The molecular formula is C16H12N2S4. The summed E-state index contributed by atoms with van der Waals surface area (Å²) in [4.78, 5) is 11.1. The lowest BCUT2D eigenvalue weighted by molar-refractivity contribution is 1.14. The summed E-state index contributed by atoms with van der Waals surface area (Å²) < 4.78 is 0. The zero-order valence-electron chi connectivity index (χ0n) is 11.5. The molecule has 0 aliphatic rings. The van der Waals surface area contributed by atoms with Crippen LogP contribution in [0.25, 0.3) is 0 Å². The van der Waals surface area contributed by atoms with Crippen molar-refractivity contribution >= 4 is 43.2 Å². The van der Waals surface area contributed by atoms with Gasteiger partial charge in [0, 0.05) is 22.2 Å². The standard InChI is InChI=1S/C16H12N2S4/c1-3-11-17-15(5-1)21-19-13-7-9-14(10-8-13)20-22-16-6-2-4-12-18-16/h1-12H. The third kappa shape index (κ3) is 4.98. The first-order chi connectivity index (χ1) is 10.9. The van der Waals surface area contributed by atoms with Crippen molar-refractivity contribution in [2.24, 2.45) is 0 Å². The Hall–Kier alpha value is -1.08. The van der Waals surface area contributed by atoms with Gasteiger partial charge in [-0.1, -0.05) is 33.7 Å². The van der Waals surface area contributed by atoms with Gasteiger partial charge in [0.05, 0.1) is 0 Å². The first-order valence-corrected chi connectivity index (χ1v) is 10.8. The van der Waals surface area contributed by atoms with Gasteiger partial charge in [0.1, 0.15) is 10.1 Å². The van der Waals surface area contributed by atoms with E-state index in [0.29, 0.717) is 0 Å². The van der Waals surface area contributed by atoms with Gasteiger partial charge in [0.15, 0.2) is 0 Å². The molecule has 0 amide bonds. The maximum absolute atomic E-state index is 4.30. The number of benzene rings is 1. The van der Waals surface area contributed by atoms with Crippen molar-refractivity contribution in [3.05, 3.63) is 73.1 Å². The molecule has 0 radical (unpaired) electrons. The maximum atomic E-state index is 4.30. The van der Waals surface area contributed by atoms with Crippen molar-refractivity contribution < 1.29 is 0 Å². The molecule has 2 aromatic heterocycles. The van der Waals surface area contributed by atoms with E-state index in [1.807, 2.05) is 48.8 Å². The highest BCUT2D eigenvalue weighted by Gasteiger charge is 2.01. The Bertz CT molecular complexity index is 628. The largest absolute Gasteiger partial charge is 0.249 e. The van der Waals surface area contributed by atoms with Crippen molar-refractivity contribution in [3.8, 4) is 0 Å². The van der Waals surface area contributed by atoms with Crippen LogP contribution < -0.4 is 0 Å². The Morgan fingerprint density at radius 1 is 0.500 bits per heavy atom. The van der Waals surface area contributed by atoms with Gasteiger partial charge in [-0.05, 0) is 70.1 Å². The topological polar surface area (TPSA) is 25.8 Å². The summed E-state index contributed by atoms with van der Waals surface area (Å²) in [6.07, 6.45) is 3.63. The van der Waals surface area contributed by atoms with E-state index in [1.165, 1.54) is 9.79 Å². The molecule has 0 spiro atoms. The molecule has 0 saturated carbocycles. The Balaban J connectivity index is 1.52. The number of hydrogen-bond donors (Lipinski definition) is 0. The van der Waals surface area contributed by atoms with Gasteiger partial charge in [-0.3, -0.25) is 0 Å². The Kier molecular flexibility index (Phi) is 6.12. The third-order valence-electron chi connectivity index (χ3n) is 2.55. The number of pyridine rings is 2. The van der Waals surface area contributed by atoms with Crippen LogP contribution in [0.4, 0.5) is 0 Å². The first kappa shape index (κ1) is 15.8. The molecule has 0 saturated heterocycles. The monoisotopic (exact) mass is 360 g/mol. The first-order valence-electron chi connectivity index (χ1n) is 6.51. The minimum Gasteiger partial charge on any atom is -0.249 e. The van der Waals surface area contributed by atoms with E-state index < -0.39 is 0 Å². The number of nitrogens with zero attached hydrogens (tertiary/aromatic N) is 2. The molecule has 3 aromatic rings. The summed E-state index contributed by atoms with van der Waals surface area (Å²) in [6, 6.07) is 20.5. The summed E-state index contributed by atoms with van der Waals surface area (Å²) in [5, 5.41) is 2.05. The minimum absolute atomic E-state index is 1.02. The second-order valence-corrected chi connectivity index (χ2v) is 8.59. The summed E-state index contributed by atoms with van der Waals surface area (Å²) in [5.41, 5.74) is 0. The van der Waals surface area contributed by atoms with Crippen LogP contribution in [0.2, 0.25) is 0 Å². The average Bonchev–Trinajstić information content (AvgIpc) is 2.61. The van der Waals surface area contributed by atoms with Crippen molar-refractivity contribution in [1.82, 2.24) is 9.97 Å². The molecule has 110 valence electrons. The number of hydrogen-bond acceptors (Lipinski definition) is 6. The van der Waals surface area contributed by atoms with Crippen LogP contribution in [0.5, 0.6) is 0 Å². The Morgan fingerprint density at radius 2 is 0.955 bits per heavy atom. The van der Waals surface area contributed by atoms with Gasteiger partial charge in [0.25, 0.3) is 0 Å². The molecular weight excluding hydrogens is 348 g/mol. The fourth-order valence-electron chi connectivity index (χ4n) is 1.53. The maximum Gasteiger partial charge on any atom is 0.107 e. The van der Waals surface area contributed by atoms with E-state index in [4.69, 9.17) is 0 Å². The highest BCUT2D eigenvalue weighted by Crippen LogP contribution is 2.39. The lowest BCUT2D eigenvalue weighted by Crippen LogP contribution is -1.75. The van der Waals surface area contributed by atoms with Crippen LogP contribution in [0.15, 0.2) is 92.9 Å². The van der Waals surface area contributed by atoms with Gasteiger partial charge < -0.3 is 0 Å². The van der Waals surface area contributed by atoms with Gasteiger partial charge in [0.2, 0.25) is 0 Å². The molecule has 0 bridgehead atoms. The highest BCUT2D eigenvalue weighted by atomic mass is 33.1. The van der Waals surface area contributed by atoms with Gasteiger partial charge in [-0.2, -0.15) is 0 Å². The van der Waals surface area contributed by atoms with Gasteiger partial charge in [-0.15, -0.1) is 0 Å². The molecule has 2 heterocycles. The lowest BCUT2D eigenvalue weighted by atomic mass is 10.4. The van der Waals surface area contributed by atoms with Crippen LogP contribution in [-0.2, 0) is 0 Å². The summed E-state index contributed by atoms with van der Waals surface area (Å²) >= 11 is 0. The summed E-state index contributed by atoms with van der Waals surface area (Å²) in [6.45, 7) is 0. The smallest absolute Gasteiger partial charge is 0.107 e. The number of rotatable bonds is 6. The molecule has 0 fully saturated rings. The molecule has 6 heteroatoms. The fraction of sp³-hybridized carbons (Fsp3) is 0. The summed E-state index contributed by atoms with van der Waals surface area (Å²) in [7, 11) is 6.79. The van der Waals surface area contributed by atoms with Crippen molar-refractivity contribution in [2.45, 2.75) is 19.8 Å². The molecule has 2 nitrogen and oxygen atoms in total. The lowest BCUT2D eigenvalue weighted by Gasteiger charge is -2.03. The highest BCUT2D eigenvalue weighted by molar-refractivity contribution is 8.77. The minimum atomic E-state index is 1.02. The van der Waals surface area contributed by atoms with Crippen LogP contribution >= 0.6 is 43.2 Å². The van der Waals surface area contributed by atoms with Crippen molar-refractivity contribution in [1.29, 1.82) is 0 Å². The van der Waals surface area contributed by atoms with E-state index in [9.17, 15) is 0 Å². The normalized spacial score (nSPS) is 10.5. The predicted molar refractivity (Wildman–Crippen MR) is 98.3 cm³/mol. The van der Waals surface area contributed by atoms with Crippen molar-refractivity contribution in [2.75, 3.05) is 0 Å². The van der Waals surface area contributed by atoms with Crippen LogP contribution in [0, 0.1) is 0 Å². The molecule has 0 atom stereocenters. The third-order valence-corrected chi connectivity index (χ3v) is 7.15. The van der Waals surface area contributed by atoms with E-state index in [2.05, 4.69) is 34.2 Å². The SMILES string of the molecule is c1ccc(SSc2ccc(SSc3ccccn3)cc2)nc1. The van der Waals surface area contributed by atoms with Crippen LogP contribution in [0.3, 0.4) is 0 Å². The summed E-state index contributed by atoms with van der Waals surface area (Å²) in [5.74, 6) is 0. The second kappa shape index (κ2) is 8.53.